The van der Waals surface area contributed by atoms with Crippen molar-refractivity contribution in [3.05, 3.63) is 35.6 Å². The molecule has 10 atom stereocenters. The molecule has 5 amide bonds. The van der Waals surface area contributed by atoms with Crippen LogP contribution < -0.4 is 27.0 Å². The Morgan fingerprint density at radius 3 is 2.16 bits per heavy atom. The fourth-order valence-corrected chi connectivity index (χ4v) is 9.76. The molecule has 5 fully saturated rings. The Bertz CT molecular complexity index is 1870. The second-order valence-electron chi connectivity index (χ2n) is 18.9. The second-order valence-corrected chi connectivity index (χ2v) is 18.9. The van der Waals surface area contributed by atoms with Gasteiger partial charge in [-0.1, -0.05) is 59.7 Å². The lowest BCUT2D eigenvalue weighted by Gasteiger charge is -2.64. The molecule has 1 aromatic rings. The predicted molar refractivity (Wildman–Crippen MR) is 224 cm³/mol. The first-order valence-corrected chi connectivity index (χ1v) is 21.8. The molecule has 17 nitrogen and oxygen atoms in total. The van der Waals surface area contributed by atoms with Gasteiger partial charge in [-0.15, -0.1) is 0 Å². The quantitative estimate of drug-likeness (QED) is 0.0929. The third kappa shape index (κ3) is 10.8. The van der Waals surface area contributed by atoms with Crippen LogP contribution in [0.5, 0.6) is 0 Å². The maximum Gasteiger partial charge on any atom is 0.481 e. The molecular weight excluding hydrogens is 806 g/mol. The van der Waals surface area contributed by atoms with E-state index in [2.05, 4.69) is 42.0 Å². The summed E-state index contributed by atoms with van der Waals surface area (Å²) in [6.45, 7) is 13.6. The highest BCUT2D eigenvalue weighted by Crippen LogP contribution is 2.65. The summed E-state index contributed by atoms with van der Waals surface area (Å²) < 4.78 is 28.1. The number of carboxylic acid groups (broad SMARTS) is 2. The number of hydrogen-bond donors (Lipinski definition) is 7. The average Bonchev–Trinajstić information content (AvgIpc) is 3.83. The van der Waals surface area contributed by atoms with Crippen molar-refractivity contribution >= 4 is 48.6 Å². The molecule has 0 unspecified atom stereocenters. The number of carbonyl (C=O) groups is 7. The Kier molecular flexibility index (Phi) is 15.5. The largest absolute Gasteiger partial charge is 0.481 e. The summed E-state index contributed by atoms with van der Waals surface area (Å²) in [5.74, 6) is -7.45. The predicted octanol–water partition coefficient (Wildman–Crippen LogP) is 1.93. The van der Waals surface area contributed by atoms with Gasteiger partial charge in [0, 0.05) is 13.0 Å². The number of rotatable bonds is 20. The van der Waals surface area contributed by atoms with Gasteiger partial charge in [-0.3, -0.25) is 33.6 Å². The van der Waals surface area contributed by atoms with Crippen LogP contribution in [0.25, 0.3) is 0 Å². The molecule has 2 aliphatic heterocycles. The first-order valence-electron chi connectivity index (χ1n) is 21.8. The number of aliphatic carboxylic acids is 2. The van der Waals surface area contributed by atoms with Gasteiger partial charge in [0.2, 0.25) is 29.5 Å². The molecule has 62 heavy (non-hydrogen) atoms. The number of benzene rings is 1. The molecule has 3 saturated carbocycles. The number of nitrogens with one attached hydrogen (secondary N) is 4. The molecule has 0 radical (unpaired) electrons. The van der Waals surface area contributed by atoms with Crippen molar-refractivity contribution < 1.29 is 57.5 Å². The first kappa shape index (κ1) is 48.4. The normalized spacial score (nSPS) is 26.0. The number of carbonyl (C=O) groups excluding carboxylic acids is 5. The van der Waals surface area contributed by atoms with Gasteiger partial charge in [0.05, 0.1) is 30.1 Å². The highest BCUT2D eigenvalue weighted by atomic mass is 19.1. The molecule has 6 rings (SSSR count). The highest BCUT2D eigenvalue weighted by molar-refractivity contribution is 6.48. The zero-order valence-electron chi connectivity index (χ0n) is 36.8. The number of nitrogens with two attached hydrogens (primary N) is 1. The summed E-state index contributed by atoms with van der Waals surface area (Å²) in [5, 5.41) is 29.0. The summed E-state index contributed by atoms with van der Waals surface area (Å²) in [6.07, 6.45) is 1.53. The number of aryl methyl sites for hydroxylation is 1. The Hall–Kier alpha value is -4.62. The maximum absolute atomic E-state index is 14.8. The minimum absolute atomic E-state index is 0.0877. The number of halogens is 1. The summed E-state index contributed by atoms with van der Waals surface area (Å²) in [7, 11) is -0.800. The lowest BCUT2D eigenvalue weighted by molar-refractivity contribution is -0.199. The van der Waals surface area contributed by atoms with Gasteiger partial charge in [-0.2, -0.15) is 0 Å². The van der Waals surface area contributed by atoms with Crippen LogP contribution in [-0.4, -0.2) is 118 Å². The Morgan fingerprint density at radius 2 is 1.55 bits per heavy atom. The van der Waals surface area contributed by atoms with Crippen molar-refractivity contribution in [1.29, 1.82) is 0 Å². The van der Waals surface area contributed by atoms with E-state index in [1.165, 1.54) is 11.0 Å². The van der Waals surface area contributed by atoms with Crippen molar-refractivity contribution in [3.8, 4) is 0 Å². The molecule has 342 valence electrons. The fourth-order valence-electron chi connectivity index (χ4n) is 9.76. The first-order chi connectivity index (χ1) is 29.0. The van der Waals surface area contributed by atoms with Gasteiger partial charge < -0.3 is 51.4 Å². The van der Waals surface area contributed by atoms with Crippen molar-refractivity contribution in [3.63, 3.8) is 0 Å². The summed E-state index contributed by atoms with van der Waals surface area (Å²) in [4.78, 5) is 92.6. The van der Waals surface area contributed by atoms with E-state index in [0.29, 0.717) is 37.2 Å². The number of nitrogens with zero attached hydrogens (tertiary/aromatic N) is 1. The van der Waals surface area contributed by atoms with Crippen LogP contribution in [0.1, 0.15) is 105 Å². The molecule has 19 heteroatoms. The highest BCUT2D eigenvalue weighted by Gasteiger charge is 2.68. The molecule has 3 aliphatic carbocycles. The van der Waals surface area contributed by atoms with Gasteiger partial charge in [-0.05, 0) is 92.6 Å². The molecule has 1 aromatic carbocycles. The van der Waals surface area contributed by atoms with Crippen molar-refractivity contribution in [2.24, 2.45) is 34.8 Å². The van der Waals surface area contributed by atoms with E-state index in [4.69, 9.17) is 20.1 Å². The molecule has 2 bridgehead atoms. The van der Waals surface area contributed by atoms with Gasteiger partial charge in [0.15, 0.2) is 0 Å². The molecule has 5 aliphatic rings. The molecule has 8 N–H and O–H groups in total. The van der Waals surface area contributed by atoms with E-state index < -0.39 is 115 Å². The summed E-state index contributed by atoms with van der Waals surface area (Å²) >= 11 is 0. The molecule has 0 spiro atoms. The minimum Gasteiger partial charge on any atom is -0.481 e. The average molecular weight is 871 g/mol. The zero-order chi connectivity index (χ0) is 45.8. The van der Waals surface area contributed by atoms with Crippen LogP contribution >= 0.6 is 0 Å². The SMILES string of the molecule is CC(C)[C@H](NC(=O)[C@H](CCC(=O)O)NC(=O)[C@@H](N)CC(=O)O)C(=O)N[C@H](C(=O)N1CCC[C@H]1C(=O)N[C@@H](CCc1ccccc1F)B1O[C@H]2C[C@@H]3C[C@@H](C3(C)C)[C@@]2(C)O1)C(C)C. The number of amides is 5. The number of carboxylic acids is 2. The lowest BCUT2D eigenvalue weighted by atomic mass is 9.43. The van der Waals surface area contributed by atoms with Crippen LogP contribution in [-0.2, 0) is 49.3 Å². The minimum atomic E-state index is -1.52. The Balaban J connectivity index is 1.29. The molecule has 2 heterocycles. The second kappa shape index (κ2) is 19.8. The van der Waals surface area contributed by atoms with Crippen molar-refractivity contribution in [2.45, 2.75) is 154 Å². The maximum atomic E-state index is 14.8. The standard InChI is InChI=1S/C43H64BFN6O11/c1-22(2)35(49-38(57)28(15-17-33(52)53)47-37(56)27(46)21-34(54)55)40(59)50-36(23(3)4)41(60)51-18-10-13-29(51)39(58)48-32(16-14-24-11-8-9-12-26(24)45)44-61-31-20-25-19-30(42(25,5)6)43(31,7)62-44/h8-9,11-12,22-23,25,27-32,35-36H,10,13-21,46H2,1-7H3,(H,47,56)(H,48,58)(H,49,57)(H,50,59)(H,52,53)(H,54,55)/t25-,27-,28-,29-,30-,31-,32-,35-,36-,43+/m0/s1. The van der Waals surface area contributed by atoms with Crippen LogP contribution in [0.2, 0.25) is 0 Å². The van der Waals surface area contributed by atoms with E-state index in [0.717, 1.165) is 12.8 Å². The van der Waals surface area contributed by atoms with E-state index in [-0.39, 0.29) is 36.2 Å². The molecular formula is C43H64BFN6O11. The topological polar surface area (TPSA) is 256 Å². The van der Waals surface area contributed by atoms with E-state index in [9.17, 15) is 43.1 Å². The van der Waals surface area contributed by atoms with Crippen molar-refractivity contribution in [1.82, 2.24) is 26.2 Å². The van der Waals surface area contributed by atoms with Gasteiger partial charge in [0.1, 0.15) is 30.0 Å². The van der Waals surface area contributed by atoms with Crippen LogP contribution in [0.4, 0.5) is 4.39 Å². The van der Waals surface area contributed by atoms with Gasteiger partial charge in [-0.25, -0.2) is 4.39 Å². The van der Waals surface area contributed by atoms with Crippen LogP contribution in [0, 0.1) is 34.9 Å². The fraction of sp³-hybridized carbons (Fsp3) is 0.698. The van der Waals surface area contributed by atoms with E-state index in [1.54, 1.807) is 45.9 Å². The Morgan fingerprint density at radius 1 is 0.887 bits per heavy atom. The zero-order valence-corrected chi connectivity index (χ0v) is 36.8. The van der Waals surface area contributed by atoms with Crippen LogP contribution in [0.15, 0.2) is 24.3 Å². The molecule has 2 saturated heterocycles. The lowest BCUT2D eigenvalue weighted by Crippen LogP contribution is -2.65. The van der Waals surface area contributed by atoms with E-state index in [1.807, 2.05) is 0 Å². The third-order valence-corrected chi connectivity index (χ3v) is 13.6. The van der Waals surface area contributed by atoms with E-state index >= 15 is 0 Å². The smallest absolute Gasteiger partial charge is 0.481 e. The van der Waals surface area contributed by atoms with Gasteiger partial charge in [0.25, 0.3) is 0 Å². The number of likely N-dealkylation sites (tertiary alicyclic amines) is 1. The summed E-state index contributed by atoms with van der Waals surface area (Å²) in [5.41, 5.74) is 5.67. The Labute approximate surface area is 362 Å². The number of hydrogen-bond acceptors (Lipinski definition) is 10. The van der Waals surface area contributed by atoms with Crippen LogP contribution in [0.3, 0.4) is 0 Å². The van der Waals surface area contributed by atoms with Gasteiger partial charge >= 0.3 is 19.1 Å². The molecule has 0 aromatic heterocycles. The summed E-state index contributed by atoms with van der Waals surface area (Å²) in [6, 6.07) is 0.196. The van der Waals surface area contributed by atoms with Crippen molar-refractivity contribution in [2.75, 3.05) is 6.54 Å². The third-order valence-electron chi connectivity index (χ3n) is 13.6. The monoisotopic (exact) mass is 870 g/mol.